The zero-order valence-corrected chi connectivity index (χ0v) is 16.3. The first kappa shape index (κ1) is 20.1. The lowest BCUT2D eigenvalue weighted by Crippen LogP contribution is -2.49. The van der Waals surface area contributed by atoms with Gasteiger partial charge in [-0.2, -0.15) is 0 Å². The number of carbonyl (C=O) groups excluding carboxylic acids is 2. The Balaban J connectivity index is 1.90. The molecule has 6 heteroatoms. The first-order valence-electron chi connectivity index (χ1n) is 8.79. The molecule has 2 aromatic rings. The van der Waals surface area contributed by atoms with Gasteiger partial charge in [-0.3, -0.25) is 9.59 Å². The van der Waals surface area contributed by atoms with Gasteiger partial charge >= 0.3 is 0 Å². The minimum absolute atomic E-state index is 0.00696. The average molecular weight is 375 g/mol. The van der Waals surface area contributed by atoms with E-state index in [1.165, 1.54) is 11.3 Å². The van der Waals surface area contributed by atoms with Gasteiger partial charge in [0.15, 0.2) is 0 Å². The first-order chi connectivity index (χ1) is 12.5. The summed E-state index contributed by atoms with van der Waals surface area (Å²) < 4.78 is 5.37. The molecular formula is C20H26N2O3S. The van der Waals surface area contributed by atoms with E-state index in [2.05, 4.69) is 10.6 Å². The Kier molecular flexibility index (Phi) is 7.81. The van der Waals surface area contributed by atoms with Gasteiger partial charge < -0.3 is 15.4 Å². The lowest BCUT2D eigenvalue weighted by Gasteiger charge is -2.21. The Morgan fingerprint density at radius 1 is 1.12 bits per heavy atom. The summed E-state index contributed by atoms with van der Waals surface area (Å²) in [6.07, 6.45) is 0. The number of nitrogens with one attached hydrogen (secondary N) is 2. The van der Waals surface area contributed by atoms with E-state index < -0.39 is 6.04 Å². The lowest BCUT2D eigenvalue weighted by molar-refractivity contribution is -0.124. The fraction of sp³-hybridized carbons (Fsp3) is 0.400. The van der Waals surface area contributed by atoms with E-state index in [0.717, 1.165) is 11.1 Å². The van der Waals surface area contributed by atoms with Crippen molar-refractivity contribution in [1.82, 2.24) is 10.6 Å². The van der Waals surface area contributed by atoms with Gasteiger partial charge in [0.05, 0.1) is 11.5 Å². The number of hydrogen-bond donors (Lipinski definition) is 2. The molecule has 0 aliphatic rings. The monoisotopic (exact) mass is 374 g/mol. The zero-order chi connectivity index (χ0) is 18.9. The van der Waals surface area contributed by atoms with E-state index in [9.17, 15) is 9.59 Å². The summed E-state index contributed by atoms with van der Waals surface area (Å²) in [7, 11) is 0. The van der Waals surface area contributed by atoms with Crippen molar-refractivity contribution < 1.29 is 14.3 Å². The molecule has 1 aromatic heterocycles. The molecule has 0 aliphatic heterocycles. The molecule has 2 amide bonds. The second-order valence-corrected chi connectivity index (χ2v) is 7.29. The maximum atomic E-state index is 12.5. The molecule has 1 heterocycles. The molecule has 1 atom stereocenters. The van der Waals surface area contributed by atoms with Crippen molar-refractivity contribution >= 4 is 23.2 Å². The summed E-state index contributed by atoms with van der Waals surface area (Å²) in [5.41, 5.74) is 2.11. The fourth-order valence-corrected chi connectivity index (χ4v) is 3.05. The van der Waals surface area contributed by atoms with Crippen molar-refractivity contribution in [1.29, 1.82) is 0 Å². The van der Waals surface area contributed by atoms with Gasteiger partial charge in [-0.1, -0.05) is 44.2 Å². The number of rotatable bonds is 9. The maximum Gasteiger partial charge on any atom is 0.262 e. The smallest absolute Gasteiger partial charge is 0.262 e. The van der Waals surface area contributed by atoms with Crippen LogP contribution in [0.4, 0.5) is 0 Å². The minimum Gasteiger partial charge on any atom is -0.377 e. The Morgan fingerprint density at radius 3 is 2.38 bits per heavy atom. The summed E-state index contributed by atoms with van der Waals surface area (Å²) >= 11 is 1.36. The van der Waals surface area contributed by atoms with Crippen LogP contribution in [-0.4, -0.2) is 24.5 Å². The van der Waals surface area contributed by atoms with Gasteiger partial charge in [-0.25, -0.2) is 0 Å². The Labute approximate surface area is 158 Å². The topological polar surface area (TPSA) is 67.4 Å². The minimum atomic E-state index is -0.568. The molecule has 5 nitrogen and oxygen atoms in total. The van der Waals surface area contributed by atoms with Crippen LogP contribution in [-0.2, 0) is 22.7 Å². The highest BCUT2D eigenvalue weighted by atomic mass is 32.1. The van der Waals surface area contributed by atoms with Gasteiger partial charge in [-0.15, -0.1) is 11.3 Å². The van der Waals surface area contributed by atoms with Crippen molar-refractivity contribution in [2.45, 2.75) is 40.0 Å². The summed E-state index contributed by atoms with van der Waals surface area (Å²) in [4.78, 5) is 25.4. The van der Waals surface area contributed by atoms with Crippen LogP contribution in [0, 0.1) is 5.92 Å². The first-order valence-corrected chi connectivity index (χ1v) is 9.66. The second-order valence-electron chi connectivity index (χ2n) is 6.34. The molecule has 0 saturated heterocycles. The predicted octanol–water partition coefficient (Wildman–Crippen LogP) is 3.36. The van der Waals surface area contributed by atoms with Crippen LogP contribution in [0.1, 0.15) is 41.6 Å². The van der Waals surface area contributed by atoms with Crippen LogP contribution in [0.15, 0.2) is 41.8 Å². The van der Waals surface area contributed by atoms with Crippen molar-refractivity contribution in [2.75, 3.05) is 6.61 Å². The van der Waals surface area contributed by atoms with Gasteiger partial charge in [-0.05, 0) is 35.4 Å². The van der Waals surface area contributed by atoms with Crippen LogP contribution < -0.4 is 10.6 Å². The van der Waals surface area contributed by atoms with E-state index in [0.29, 0.717) is 24.6 Å². The van der Waals surface area contributed by atoms with Gasteiger partial charge in [0.1, 0.15) is 6.04 Å². The molecule has 140 valence electrons. The number of ether oxygens (including phenoxy) is 1. The molecule has 26 heavy (non-hydrogen) atoms. The van der Waals surface area contributed by atoms with E-state index >= 15 is 0 Å². The van der Waals surface area contributed by atoms with Gasteiger partial charge in [0.25, 0.3) is 5.91 Å². The highest BCUT2D eigenvalue weighted by molar-refractivity contribution is 7.12. The molecule has 2 N–H and O–H groups in total. The number of benzene rings is 1. The van der Waals surface area contributed by atoms with Gasteiger partial charge in [0, 0.05) is 13.2 Å². The van der Waals surface area contributed by atoms with Crippen molar-refractivity contribution in [2.24, 2.45) is 5.92 Å². The Hall–Kier alpha value is -2.18. The summed E-state index contributed by atoms with van der Waals surface area (Å²) in [5, 5.41) is 7.58. The van der Waals surface area contributed by atoms with E-state index in [1.54, 1.807) is 6.07 Å². The molecule has 0 radical (unpaired) electrons. The van der Waals surface area contributed by atoms with Crippen molar-refractivity contribution in [3.05, 3.63) is 57.8 Å². The maximum absolute atomic E-state index is 12.5. The molecular weight excluding hydrogens is 348 g/mol. The number of thiophene rings is 1. The standard InChI is InChI=1S/C20H26N2O3S/c1-4-25-13-16-9-7-15(8-10-16)12-21-20(24)18(14(2)3)22-19(23)17-6-5-11-26-17/h5-11,14,18H,4,12-13H2,1-3H3,(H,21,24)(H,22,23). The highest BCUT2D eigenvalue weighted by Crippen LogP contribution is 2.11. The van der Waals surface area contributed by atoms with E-state index in [-0.39, 0.29) is 17.7 Å². The largest absolute Gasteiger partial charge is 0.377 e. The highest BCUT2D eigenvalue weighted by Gasteiger charge is 2.24. The van der Waals surface area contributed by atoms with Crippen molar-refractivity contribution in [3.63, 3.8) is 0 Å². The molecule has 0 spiro atoms. The summed E-state index contributed by atoms with van der Waals surface area (Å²) in [6, 6.07) is 10.9. The van der Waals surface area contributed by atoms with Crippen LogP contribution >= 0.6 is 11.3 Å². The average Bonchev–Trinajstić information content (AvgIpc) is 3.17. The molecule has 0 fully saturated rings. The number of carbonyl (C=O) groups is 2. The molecule has 1 unspecified atom stereocenters. The number of amides is 2. The molecule has 2 rings (SSSR count). The van der Waals surface area contributed by atoms with E-state index in [1.807, 2.05) is 56.5 Å². The van der Waals surface area contributed by atoms with E-state index in [4.69, 9.17) is 4.74 Å². The molecule has 0 bridgehead atoms. The molecule has 0 saturated carbocycles. The van der Waals surface area contributed by atoms with Crippen LogP contribution in [0.5, 0.6) is 0 Å². The fourth-order valence-electron chi connectivity index (χ4n) is 2.43. The molecule has 1 aromatic carbocycles. The van der Waals surface area contributed by atoms with Crippen LogP contribution in [0.2, 0.25) is 0 Å². The Morgan fingerprint density at radius 2 is 1.81 bits per heavy atom. The van der Waals surface area contributed by atoms with Crippen LogP contribution in [0.3, 0.4) is 0 Å². The molecule has 0 aliphatic carbocycles. The third-order valence-electron chi connectivity index (χ3n) is 3.94. The van der Waals surface area contributed by atoms with Crippen LogP contribution in [0.25, 0.3) is 0 Å². The summed E-state index contributed by atoms with van der Waals surface area (Å²) in [6.45, 7) is 7.50. The van der Waals surface area contributed by atoms with Gasteiger partial charge in [0.2, 0.25) is 5.91 Å². The zero-order valence-electron chi connectivity index (χ0n) is 15.5. The number of hydrogen-bond acceptors (Lipinski definition) is 4. The predicted molar refractivity (Wildman–Crippen MR) is 104 cm³/mol. The second kappa shape index (κ2) is 10.1. The quantitative estimate of drug-likeness (QED) is 0.707. The third kappa shape index (κ3) is 5.97. The summed E-state index contributed by atoms with van der Waals surface area (Å²) in [5.74, 6) is -0.398. The SMILES string of the molecule is CCOCc1ccc(CNC(=O)C(NC(=O)c2cccs2)C(C)C)cc1. The normalized spacial score (nSPS) is 12.0. The Bertz CT molecular complexity index is 696. The lowest BCUT2D eigenvalue weighted by atomic mass is 10.0. The van der Waals surface area contributed by atoms with Crippen molar-refractivity contribution in [3.8, 4) is 0 Å². The third-order valence-corrected chi connectivity index (χ3v) is 4.81.